The Bertz CT molecular complexity index is 383. The van der Waals surface area contributed by atoms with Gasteiger partial charge in [-0.25, -0.2) is 0 Å². The number of hydrogen-bond donors (Lipinski definition) is 1. The summed E-state index contributed by atoms with van der Waals surface area (Å²) >= 11 is 0. The average molecular weight is 261 g/mol. The molecule has 3 heteroatoms. The van der Waals surface area contributed by atoms with Crippen LogP contribution in [0.5, 0.6) is 0 Å². The van der Waals surface area contributed by atoms with Gasteiger partial charge < -0.3 is 5.73 Å². The molecule has 0 spiro atoms. The van der Waals surface area contributed by atoms with Gasteiger partial charge in [0.2, 0.25) is 0 Å². The van der Waals surface area contributed by atoms with E-state index in [-0.39, 0.29) is 0 Å². The van der Waals surface area contributed by atoms with Crippen molar-refractivity contribution in [1.29, 1.82) is 0 Å². The number of nitrogens with two attached hydrogens (primary N) is 1. The summed E-state index contributed by atoms with van der Waals surface area (Å²) in [5.41, 5.74) is 7.78. The SMILES string of the molecule is CCC1CCC(N(C)Cc2cccc(CN)n2)CC1. The number of nitrogens with zero attached hydrogens (tertiary/aromatic N) is 2. The van der Waals surface area contributed by atoms with Crippen LogP contribution in [0.1, 0.15) is 50.4 Å². The molecule has 2 rings (SSSR count). The molecule has 0 unspecified atom stereocenters. The highest BCUT2D eigenvalue weighted by Crippen LogP contribution is 2.29. The van der Waals surface area contributed by atoms with Gasteiger partial charge in [-0.1, -0.05) is 19.4 Å². The van der Waals surface area contributed by atoms with Crippen molar-refractivity contribution in [2.45, 2.75) is 58.2 Å². The summed E-state index contributed by atoms with van der Waals surface area (Å²) in [6.45, 7) is 3.78. The van der Waals surface area contributed by atoms with Crippen molar-refractivity contribution in [3.8, 4) is 0 Å². The van der Waals surface area contributed by atoms with E-state index in [9.17, 15) is 0 Å². The Hall–Kier alpha value is -0.930. The maximum absolute atomic E-state index is 5.65. The third-order valence-electron chi connectivity index (χ3n) is 4.50. The van der Waals surface area contributed by atoms with E-state index in [0.717, 1.165) is 29.9 Å². The minimum absolute atomic E-state index is 0.527. The molecular formula is C16H27N3. The molecule has 3 nitrogen and oxygen atoms in total. The Labute approximate surface area is 117 Å². The van der Waals surface area contributed by atoms with Gasteiger partial charge >= 0.3 is 0 Å². The van der Waals surface area contributed by atoms with Gasteiger partial charge in [0.1, 0.15) is 0 Å². The van der Waals surface area contributed by atoms with Crippen LogP contribution in [0.25, 0.3) is 0 Å². The zero-order valence-electron chi connectivity index (χ0n) is 12.3. The van der Waals surface area contributed by atoms with Crippen molar-refractivity contribution >= 4 is 0 Å². The predicted octanol–water partition coefficient (Wildman–Crippen LogP) is 2.94. The first-order valence-corrected chi connectivity index (χ1v) is 7.58. The van der Waals surface area contributed by atoms with Gasteiger partial charge in [-0.3, -0.25) is 9.88 Å². The van der Waals surface area contributed by atoms with Crippen molar-refractivity contribution in [3.63, 3.8) is 0 Å². The fourth-order valence-electron chi connectivity index (χ4n) is 3.11. The molecule has 0 radical (unpaired) electrons. The summed E-state index contributed by atoms with van der Waals surface area (Å²) in [6.07, 6.45) is 6.80. The third-order valence-corrected chi connectivity index (χ3v) is 4.50. The number of hydrogen-bond acceptors (Lipinski definition) is 3. The largest absolute Gasteiger partial charge is 0.325 e. The molecule has 1 fully saturated rings. The maximum Gasteiger partial charge on any atom is 0.0547 e. The Kier molecular flexibility index (Phi) is 5.34. The van der Waals surface area contributed by atoms with Gasteiger partial charge in [-0.2, -0.15) is 0 Å². The van der Waals surface area contributed by atoms with Crippen LogP contribution in [0.4, 0.5) is 0 Å². The lowest BCUT2D eigenvalue weighted by atomic mass is 9.84. The van der Waals surface area contributed by atoms with Crippen molar-refractivity contribution < 1.29 is 0 Å². The molecule has 0 bridgehead atoms. The summed E-state index contributed by atoms with van der Waals surface area (Å²) in [7, 11) is 2.23. The molecule has 0 aliphatic heterocycles. The highest BCUT2D eigenvalue weighted by molar-refractivity contribution is 5.11. The lowest BCUT2D eigenvalue weighted by molar-refractivity contribution is 0.156. The third kappa shape index (κ3) is 4.02. The highest BCUT2D eigenvalue weighted by Gasteiger charge is 2.23. The maximum atomic E-state index is 5.65. The van der Waals surface area contributed by atoms with E-state index in [1.165, 1.54) is 32.1 Å². The molecule has 1 aromatic heterocycles. The van der Waals surface area contributed by atoms with Crippen LogP contribution in [-0.2, 0) is 13.1 Å². The molecule has 19 heavy (non-hydrogen) atoms. The Balaban J connectivity index is 1.88. The van der Waals surface area contributed by atoms with E-state index in [1.54, 1.807) is 0 Å². The average Bonchev–Trinajstić information content (AvgIpc) is 2.47. The van der Waals surface area contributed by atoms with Gasteiger partial charge in [-0.05, 0) is 50.8 Å². The molecule has 0 aromatic carbocycles. The zero-order chi connectivity index (χ0) is 13.7. The fourth-order valence-corrected chi connectivity index (χ4v) is 3.11. The second-order valence-corrected chi connectivity index (χ2v) is 5.82. The lowest BCUT2D eigenvalue weighted by Crippen LogP contribution is -2.34. The summed E-state index contributed by atoms with van der Waals surface area (Å²) in [6, 6.07) is 6.89. The quantitative estimate of drug-likeness (QED) is 0.886. The standard InChI is InChI=1S/C16H27N3/c1-3-13-7-9-16(10-8-13)19(2)12-15-6-4-5-14(11-17)18-15/h4-6,13,16H,3,7-12,17H2,1-2H3. The molecule has 1 aliphatic carbocycles. The van der Waals surface area contributed by atoms with Crippen molar-refractivity contribution in [2.24, 2.45) is 11.7 Å². The second-order valence-electron chi connectivity index (χ2n) is 5.82. The van der Waals surface area contributed by atoms with Gasteiger partial charge in [0, 0.05) is 19.1 Å². The van der Waals surface area contributed by atoms with Crippen LogP contribution in [0.2, 0.25) is 0 Å². The monoisotopic (exact) mass is 261 g/mol. The fraction of sp³-hybridized carbons (Fsp3) is 0.688. The van der Waals surface area contributed by atoms with Crippen LogP contribution in [-0.4, -0.2) is 23.0 Å². The van der Waals surface area contributed by atoms with Crippen molar-refractivity contribution in [3.05, 3.63) is 29.6 Å². The predicted molar refractivity (Wildman–Crippen MR) is 79.6 cm³/mol. The number of aromatic nitrogens is 1. The van der Waals surface area contributed by atoms with E-state index in [1.807, 2.05) is 6.07 Å². The van der Waals surface area contributed by atoms with Gasteiger partial charge in [0.15, 0.2) is 0 Å². The first-order chi connectivity index (χ1) is 9.22. The lowest BCUT2D eigenvalue weighted by Gasteiger charge is -2.34. The molecule has 106 valence electrons. The Morgan fingerprint density at radius 1 is 1.21 bits per heavy atom. The normalized spacial score (nSPS) is 23.8. The van der Waals surface area contributed by atoms with E-state index < -0.39 is 0 Å². The van der Waals surface area contributed by atoms with Crippen LogP contribution >= 0.6 is 0 Å². The number of pyridine rings is 1. The van der Waals surface area contributed by atoms with Gasteiger partial charge in [0.25, 0.3) is 0 Å². The Morgan fingerprint density at radius 2 is 1.89 bits per heavy atom. The first-order valence-electron chi connectivity index (χ1n) is 7.58. The van der Waals surface area contributed by atoms with Crippen LogP contribution in [0, 0.1) is 5.92 Å². The zero-order valence-corrected chi connectivity index (χ0v) is 12.3. The summed E-state index contributed by atoms with van der Waals surface area (Å²) in [4.78, 5) is 7.06. The van der Waals surface area contributed by atoms with E-state index in [4.69, 9.17) is 5.73 Å². The summed E-state index contributed by atoms with van der Waals surface area (Å²) in [5, 5.41) is 0. The number of rotatable bonds is 5. The van der Waals surface area contributed by atoms with Crippen molar-refractivity contribution in [1.82, 2.24) is 9.88 Å². The molecule has 0 amide bonds. The van der Waals surface area contributed by atoms with Crippen LogP contribution in [0.3, 0.4) is 0 Å². The smallest absolute Gasteiger partial charge is 0.0547 e. The molecule has 1 aliphatic rings. The minimum Gasteiger partial charge on any atom is -0.325 e. The van der Waals surface area contributed by atoms with Gasteiger partial charge in [0.05, 0.1) is 11.4 Å². The van der Waals surface area contributed by atoms with Crippen LogP contribution < -0.4 is 5.73 Å². The molecule has 1 heterocycles. The van der Waals surface area contributed by atoms with E-state index in [2.05, 4.69) is 36.0 Å². The molecule has 1 saturated carbocycles. The van der Waals surface area contributed by atoms with E-state index in [0.29, 0.717) is 6.54 Å². The van der Waals surface area contributed by atoms with Crippen LogP contribution in [0.15, 0.2) is 18.2 Å². The molecule has 1 aromatic rings. The highest BCUT2D eigenvalue weighted by atomic mass is 15.1. The second kappa shape index (κ2) is 7.01. The molecule has 2 N–H and O–H groups in total. The Morgan fingerprint density at radius 3 is 2.53 bits per heavy atom. The minimum atomic E-state index is 0.527. The van der Waals surface area contributed by atoms with Gasteiger partial charge in [-0.15, -0.1) is 0 Å². The van der Waals surface area contributed by atoms with Crippen molar-refractivity contribution in [2.75, 3.05) is 7.05 Å². The summed E-state index contributed by atoms with van der Waals surface area (Å²) in [5.74, 6) is 0.961. The topological polar surface area (TPSA) is 42.1 Å². The molecule has 0 atom stereocenters. The molecule has 0 saturated heterocycles. The summed E-state index contributed by atoms with van der Waals surface area (Å²) < 4.78 is 0. The first kappa shape index (κ1) is 14.5. The molecular weight excluding hydrogens is 234 g/mol. The van der Waals surface area contributed by atoms with E-state index >= 15 is 0 Å².